The van der Waals surface area contributed by atoms with Gasteiger partial charge in [0.25, 0.3) is 0 Å². The molecule has 0 amide bonds. The van der Waals surface area contributed by atoms with E-state index in [0.29, 0.717) is 6.54 Å². The molecule has 0 aliphatic carbocycles. The molecule has 112 valence electrons. The van der Waals surface area contributed by atoms with Crippen molar-refractivity contribution in [1.29, 1.82) is 0 Å². The van der Waals surface area contributed by atoms with Crippen molar-refractivity contribution < 1.29 is 13.2 Å². The highest BCUT2D eigenvalue weighted by Gasteiger charge is 2.34. The van der Waals surface area contributed by atoms with E-state index in [4.69, 9.17) is 4.74 Å². The van der Waals surface area contributed by atoms with E-state index in [1.54, 1.807) is 0 Å². The van der Waals surface area contributed by atoms with E-state index in [-0.39, 0.29) is 18.7 Å². The zero-order valence-electron chi connectivity index (χ0n) is 11.7. The summed E-state index contributed by atoms with van der Waals surface area (Å²) in [4.78, 5) is 0. The lowest BCUT2D eigenvalue weighted by molar-refractivity contribution is 0.225. The standard InChI is InChI=1S/C13H21N3O3S/c1-10(19-12-6-4-3-5-7-12)8-15-20(17,18)13-9-14-16-11(13)2/h3-7,10-11,13-16H,8-9H2,1-2H3. The topological polar surface area (TPSA) is 79.5 Å². The molecule has 3 N–H and O–H groups in total. The molecule has 7 heteroatoms. The summed E-state index contributed by atoms with van der Waals surface area (Å²) in [6.45, 7) is 4.34. The fourth-order valence-corrected chi connectivity index (χ4v) is 3.67. The fourth-order valence-electron chi connectivity index (χ4n) is 2.08. The Kier molecular flexibility index (Phi) is 4.98. The van der Waals surface area contributed by atoms with Crippen LogP contribution in [0.4, 0.5) is 0 Å². The zero-order valence-corrected chi connectivity index (χ0v) is 12.5. The summed E-state index contributed by atoms with van der Waals surface area (Å²) in [6.07, 6.45) is -0.232. The quantitative estimate of drug-likeness (QED) is 0.701. The maximum absolute atomic E-state index is 12.2. The van der Waals surface area contributed by atoms with Crippen molar-refractivity contribution in [2.45, 2.75) is 31.2 Å². The molecule has 20 heavy (non-hydrogen) atoms. The molecule has 3 atom stereocenters. The zero-order chi connectivity index (χ0) is 14.6. The van der Waals surface area contributed by atoms with E-state index in [0.717, 1.165) is 5.75 Å². The van der Waals surface area contributed by atoms with Gasteiger partial charge in [0, 0.05) is 19.1 Å². The van der Waals surface area contributed by atoms with Gasteiger partial charge in [-0.2, -0.15) is 0 Å². The first-order chi connectivity index (χ1) is 9.49. The predicted molar refractivity (Wildman–Crippen MR) is 77.8 cm³/mol. The molecule has 0 aromatic heterocycles. The summed E-state index contributed by atoms with van der Waals surface area (Å²) in [7, 11) is -3.35. The van der Waals surface area contributed by atoms with E-state index in [1.165, 1.54) is 0 Å². The molecular weight excluding hydrogens is 278 g/mol. The molecule has 1 aliphatic rings. The average Bonchev–Trinajstić information content (AvgIpc) is 2.85. The Hall–Kier alpha value is -1.15. The molecular formula is C13H21N3O3S. The number of para-hydroxylation sites is 1. The Morgan fingerprint density at radius 2 is 2.10 bits per heavy atom. The number of hydrazine groups is 1. The van der Waals surface area contributed by atoms with Gasteiger partial charge in [-0.25, -0.2) is 13.1 Å². The van der Waals surface area contributed by atoms with E-state index in [9.17, 15) is 8.42 Å². The minimum atomic E-state index is -3.35. The van der Waals surface area contributed by atoms with Crippen LogP contribution in [0.25, 0.3) is 0 Å². The number of rotatable bonds is 6. The van der Waals surface area contributed by atoms with E-state index >= 15 is 0 Å². The molecule has 6 nitrogen and oxygen atoms in total. The Balaban J connectivity index is 1.85. The number of hydrogen-bond acceptors (Lipinski definition) is 5. The van der Waals surface area contributed by atoms with Gasteiger partial charge in [0.05, 0.1) is 0 Å². The summed E-state index contributed by atoms with van der Waals surface area (Å²) in [5, 5.41) is -0.466. The molecule has 1 aromatic rings. The lowest BCUT2D eigenvalue weighted by Crippen LogP contribution is -2.44. The second-order valence-corrected chi connectivity index (χ2v) is 6.97. The summed E-state index contributed by atoms with van der Waals surface area (Å²) in [5.41, 5.74) is 5.76. The molecule has 0 radical (unpaired) electrons. The smallest absolute Gasteiger partial charge is 0.217 e. The first-order valence-electron chi connectivity index (χ1n) is 6.67. The number of benzene rings is 1. The maximum atomic E-state index is 12.2. The number of nitrogens with one attached hydrogen (secondary N) is 3. The molecule has 3 unspecified atom stereocenters. The summed E-state index contributed by atoms with van der Waals surface area (Å²) in [6, 6.07) is 9.24. The first kappa shape index (κ1) is 15.2. The molecule has 2 rings (SSSR count). The van der Waals surface area contributed by atoms with Crippen molar-refractivity contribution >= 4 is 10.0 Å². The second kappa shape index (κ2) is 6.53. The maximum Gasteiger partial charge on any atom is 0.217 e. The van der Waals surface area contributed by atoms with Crippen LogP contribution in [0.5, 0.6) is 5.75 Å². The van der Waals surface area contributed by atoms with Crippen LogP contribution in [0, 0.1) is 0 Å². The normalized spacial score (nSPS) is 24.5. The van der Waals surface area contributed by atoms with Gasteiger partial charge in [-0.05, 0) is 26.0 Å². The van der Waals surface area contributed by atoms with Gasteiger partial charge in [0.2, 0.25) is 10.0 Å². The van der Waals surface area contributed by atoms with Crippen molar-refractivity contribution in [2.75, 3.05) is 13.1 Å². The minimum absolute atomic E-state index is 0.113. The van der Waals surface area contributed by atoms with E-state index in [2.05, 4.69) is 15.6 Å². The van der Waals surface area contributed by atoms with Crippen LogP contribution in [0.2, 0.25) is 0 Å². The highest BCUT2D eigenvalue weighted by atomic mass is 32.2. The van der Waals surface area contributed by atoms with Crippen LogP contribution in [0.1, 0.15) is 13.8 Å². The van der Waals surface area contributed by atoms with Crippen molar-refractivity contribution in [2.24, 2.45) is 0 Å². The van der Waals surface area contributed by atoms with Crippen LogP contribution < -0.4 is 20.3 Å². The minimum Gasteiger partial charge on any atom is -0.489 e. The van der Waals surface area contributed by atoms with Crippen molar-refractivity contribution in [1.82, 2.24) is 15.6 Å². The third kappa shape index (κ3) is 3.92. The van der Waals surface area contributed by atoms with Crippen LogP contribution in [-0.2, 0) is 10.0 Å². The molecule has 1 saturated heterocycles. The van der Waals surface area contributed by atoms with Gasteiger partial charge in [0.1, 0.15) is 17.1 Å². The Morgan fingerprint density at radius 3 is 2.70 bits per heavy atom. The number of hydrogen-bond donors (Lipinski definition) is 3. The summed E-state index contributed by atoms with van der Waals surface area (Å²) < 4.78 is 32.6. The fraction of sp³-hybridized carbons (Fsp3) is 0.538. The third-order valence-corrected chi connectivity index (χ3v) is 5.18. The van der Waals surface area contributed by atoms with Gasteiger partial charge >= 0.3 is 0 Å². The highest BCUT2D eigenvalue weighted by molar-refractivity contribution is 7.90. The van der Waals surface area contributed by atoms with Crippen LogP contribution in [0.15, 0.2) is 30.3 Å². The van der Waals surface area contributed by atoms with Crippen molar-refractivity contribution in [3.63, 3.8) is 0 Å². The summed E-state index contributed by atoms with van der Waals surface area (Å²) in [5.74, 6) is 0.733. The Labute approximate surface area is 119 Å². The SMILES string of the molecule is CC(CNS(=O)(=O)C1CNNC1C)Oc1ccccc1. The second-order valence-electron chi connectivity index (χ2n) is 4.99. The summed E-state index contributed by atoms with van der Waals surface area (Å²) >= 11 is 0. The van der Waals surface area contributed by atoms with E-state index < -0.39 is 15.3 Å². The Morgan fingerprint density at radius 1 is 1.40 bits per heavy atom. The molecule has 0 saturated carbocycles. The molecule has 1 aliphatic heterocycles. The van der Waals surface area contributed by atoms with Gasteiger partial charge in [-0.3, -0.25) is 10.9 Å². The van der Waals surface area contributed by atoms with Gasteiger partial charge < -0.3 is 4.74 Å². The van der Waals surface area contributed by atoms with Gasteiger partial charge in [-0.1, -0.05) is 18.2 Å². The Bertz CT molecular complexity index is 521. The average molecular weight is 299 g/mol. The van der Waals surface area contributed by atoms with Crippen molar-refractivity contribution in [3.8, 4) is 5.75 Å². The molecule has 1 fully saturated rings. The van der Waals surface area contributed by atoms with Gasteiger partial charge in [-0.15, -0.1) is 0 Å². The lowest BCUT2D eigenvalue weighted by atomic mass is 10.3. The molecule has 0 spiro atoms. The predicted octanol–water partition coefficient (Wildman–Crippen LogP) is 0.238. The molecule has 0 bridgehead atoms. The monoisotopic (exact) mass is 299 g/mol. The first-order valence-corrected chi connectivity index (χ1v) is 8.22. The lowest BCUT2D eigenvalue weighted by Gasteiger charge is -2.19. The number of sulfonamides is 1. The van der Waals surface area contributed by atoms with Gasteiger partial charge in [0.15, 0.2) is 0 Å². The highest BCUT2D eigenvalue weighted by Crippen LogP contribution is 2.11. The van der Waals surface area contributed by atoms with Crippen molar-refractivity contribution in [3.05, 3.63) is 30.3 Å². The molecule has 1 aromatic carbocycles. The largest absolute Gasteiger partial charge is 0.489 e. The van der Waals surface area contributed by atoms with Crippen LogP contribution in [-0.4, -0.2) is 38.9 Å². The number of ether oxygens (including phenoxy) is 1. The van der Waals surface area contributed by atoms with Crippen LogP contribution in [0.3, 0.4) is 0 Å². The molecule has 1 heterocycles. The van der Waals surface area contributed by atoms with E-state index in [1.807, 2.05) is 44.2 Å². The van der Waals surface area contributed by atoms with Crippen LogP contribution >= 0.6 is 0 Å². The third-order valence-electron chi connectivity index (χ3n) is 3.24.